The van der Waals surface area contributed by atoms with Crippen LogP contribution in [0.2, 0.25) is 0 Å². The average Bonchev–Trinajstić information content (AvgIpc) is 3.15. The van der Waals surface area contributed by atoms with Gasteiger partial charge in [-0.15, -0.1) is 0 Å². The maximum atomic E-state index is 13.2. The molecule has 6 atom stereocenters. The van der Waals surface area contributed by atoms with E-state index < -0.39 is 36.1 Å². The van der Waals surface area contributed by atoms with Crippen molar-refractivity contribution < 1.29 is 23.9 Å². The highest BCUT2D eigenvalue weighted by molar-refractivity contribution is 5.93. The van der Waals surface area contributed by atoms with Gasteiger partial charge < -0.3 is 20.7 Å². The number of carbonyl (C=O) groups excluding carboxylic acids is 4. The van der Waals surface area contributed by atoms with Crippen LogP contribution < -0.4 is 16.5 Å². The second-order valence-corrected chi connectivity index (χ2v) is 10.1. The van der Waals surface area contributed by atoms with Crippen molar-refractivity contribution in [1.29, 1.82) is 0 Å². The molecule has 1 aliphatic rings. The third kappa shape index (κ3) is 7.40. The van der Waals surface area contributed by atoms with Crippen molar-refractivity contribution in [3.05, 3.63) is 0 Å². The quantitative estimate of drug-likeness (QED) is 0.295. The van der Waals surface area contributed by atoms with Crippen molar-refractivity contribution in [2.45, 2.75) is 98.5 Å². The van der Waals surface area contributed by atoms with Crippen LogP contribution in [0.15, 0.2) is 0 Å². The first-order chi connectivity index (χ1) is 15.8. The number of hydrazine groups is 1. The maximum absolute atomic E-state index is 13.2. The second kappa shape index (κ2) is 13.0. The van der Waals surface area contributed by atoms with Crippen molar-refractivity contribution in [3.63, 3.8) is 0 Å². The van der Waals surface area contributed by atoms with Gasteiger partial charge in [0.15, 0.2) is 6.10 Å². The molecule has 0 aliphatic carbocycles. The Morgan fingerprint density at radius 3 is 2.15 bits per heavy atom. The molecule has 0 bridgehead atoms. The summed E-state index contributed by atoms with van der Waals surface area (Å²) in [6, 6.07) is -2.52. The van der Waals surface area contributed by atoms with Gasteiger partial charge in [0.05, 0.1) is 6.04 Å². The van der Waals surface area contributed by atoms with Gasteiger partial charge in [0.1, 0.15) is 12.1 Å². The number of rotatable bonds is 11. The number of nitrogens with one attached hydrogen (secondary N) is 2. The van der Waals surface area contributed by atoms with Crippen molar-refractivity contribution in [2.24, 2.45) is 23.5 Å². The molecular formula is C24H45N5O5. The Balaban J connectivity index is 3.07. The van der Waals surface area contributed by atoms with Gasteiger partial charge >= 0.3 is 5.97 Å². The van der Waals surface area contributed by atoms with E-state index in [0.717, 1.165) is 0 Å². The van der Waals surface area contributed by atoms with Crippen molar-refractivity contribution in [3.8, 4) is 0 Å². The molecule has 1 rings (SSSR count). The van der Waals surface area contributed by atoms with Crippen LogP contribution in [0, 0.1) is 17.8 Å². The minimum absolute atomic E-state index is 0.138. The first-order valence-corrected chi connectivity index (χ1v) is 12.3. The van der Waals surface area contributed by atoms with Gasteiger partial charge in [-0.2, -0.15) is 0 Å². The molecular weight excluding hydrogens is 438 g/mol. The van der Waals surface area contributed by atoms with Gasteiger partial charge in [-0.1, -0.05) is 34.6 Å². The molecule has 1 heterocycles. The van der Waals surface area contributed by atoms with Crippen molar-refractivity contribution in [1.82, 2.24) is 20.7 Å². The SMILES string of the molecule is CCC(C)C(OC(=O)C(NC(=O)C1CC(C)CN1C(=O)C(C)N)C(C)C)C(=O)N(NC)C(C)C. The summed E-state index contributed by atoms with van der Waals surface area (Å²) in [5.41, 5.74) is 8.62. The molecule has 0 aromatic rings. The number of likely N-dealkylation sites (tertiary alicyclic amines) is 1. The summed E-state index contributed by atoms with van der Waals surface area (Å²) >= 11 is 0. The van der Waals surface area contributed by atoms with Crippen LogP contribution in [0.5, 0.6) is 0 Å². The Bertz CT molecular complexity index is 727. The smallest absolute Gasteiger partial charge is 0.329 e. The van der Waals surface area contributed by atoms with E-state index in [1.807, 2.05) is 34.6 Å². The topological polar surface area (TPSA) is 134 Å². The van der Waals surface area contributed by atoms with E-state index in [9.17, 15) is 19.2 Å². The van der Waals surface area contributed by atoms with Crippen LogP contribution in [-0.4, -0.2) is 77.5 Å². The van der Waals surface area contributed by atoms with E-state index in [1.165, 1.54) is 9.91 Å². The van der Waals surface area contributed by atoms with E-state index in [4.69, 9.17) is 10.5 Å². The molecule has 0 aromatic heterocycles. The molecule has 1 fully saturated rings. The highest BCUT2D eigenvalue weighted by Gasteiger charge is 2.41. The van der Waals surface area contributed by atoms with Crippen molar-refractivity contribution >= 4 is 23.7 Å². The summed E-state index contributed by atoms with van der Waals surface area (Å²) in [6.45, 7) is 15.1. The molecule has 10 heteroatoms. The predicted molar refractivity (Wildman–Crippen MR) is 130 cm³/mol. The Kier molecular flexibility index (Phi) is 11.4. The van der Waals surface area contributed by atoms with Crippen LogP contribution in [-0.2, 0) is 23.9 Å². The standard InChI is InChI=1S/C24H45N5O5/c1-10-16(7)20(23(32)29(26-9)14(4)5)34-24(33)19(13(2)3)27-21(30)18-11-15(6)12-28(18)22(31)17(8)25/h13-20,26H,10-12,25H2,1-9H3,(H,27,30). The van der Waals surface area contributed by atoms with Gasteiger partial charge in [-0.05, 0) is 45.4 Å². The Labute approximate surface area is 204 Å². The van der Waals surface area contributed by atoms with Crippen LogP contribution >= 0.6 is 0 Å². The Morgan fingerprint density at radius 2 is 1.71 bits per heavy atom. The first-order valence-electron chi connectivity index (χ1n) is 12.3. The number of carbonyl (C=O) groups is 4. The molecule has 0 spiro atoms. The number of ether oxygens (including phenoxy) is 1. The highest BCUT2D eigenvalue weighted by Crippen LogP contribution is 2.24. The van der Waals surface area contributed by atoms with E-state index in [1.54, 1.807) is 27.8 Å². The second-order valence-electron chi connectivity index (χ2n) is 10.1. The van der Waals surface area contributed by atoms with E-state index >= 15 is 0 Å². The average molecular weight is 484 g/mol. The molecule has 1 aliphatic heterocycles. The van der Waals surface area contributed by atoms with E-state index in [0.29, 0.717) is 19.4 Å². The Hall–Kier alpha value is -2.20. The summed E-state index contributed by atoms with van der Waals surface area (Å²) in [7, 11) is 1.64. The first kappa shape index (κ1) is 29.8. The third-order valence-electron chi connectivity index (χ3n) is 6.35. The number of amides is 3. The lowest BCUT2D eigenvalue weighted by molar-refractivity contribution is -0.169. The van der Waals surface area contributed by atoms with Gasteiger partial charge in [-0.3, -0.25) is 19.4 Å². The summed E-state index contributed by atoms with van der Waals surface area (Å²) < 4.78 is 5.73. The number of nitrogens with two attached hydrogens (primary N) is 1. The Morgan fingerprint density at radius 1 is 1.12 bits per heavy atom. The zero-order valence-electron chi connectivity index (χ0n) is 22.3. The summed E-state index contributed by atoms with van der Waals surface area (Å²) in [5.74, 6) is -2.09. The minimum Gasteiger partial charge on any atom is -0.450 e. The number of nitrogens with zero attached hydrogens (tertiary/aromatic N) is 2. The molecule has 6 unspecified atom stereocenters. The zero-order chi connectivity index (χ0) is 26.3. The molecule has 34 heavy (non-hydrogen) atoms. The van der Waals surface area contributed by atoms with Crippen LogP contribution in [0.3, 0.4) is 0 Å². The molecule has 3 amide bonds. The fourth-order valence-electron chi connectivity index (χ4n) is 4.13. The zero-order valence-corrected chi connectivity index (χ0v) is 22.3. The molecule has 1 saturated heterocycles. The van der Waals surface area contributed by atoms with Crippen molar-refractivity contribution in [2.75, 3.05) is 13.6 Å². The number of hydrogen-bond donors (Lipinski definition) is 3. The fourth-order valence-corrected chi connectivity index (χ4v) is 4.13. The molecule has 10 nitrogen and oxygen atoms in total. The molecule has 0 aromatic carbocycles. The monoisotopic (exact) mass is 483 g/mol. The predicted octanol–water partition coefficient (Wildman–Crippen LogP) is 1.04. The molecule has 196 valence electrons. The largest absolute Gasteiger partial charge is 0.450 e. The number of esters is 1. The van der Waals surface area contributed by atoms with Crippen LogP contribution in [0.1, 0.15) is 68.2 Å². The molecule has 4 N–H and O–H groups in total. The van der Waals surface area contributed by atoms with Gasteiger partial charge in [0, 0.05) is 25.6 Å². The molecule has 0 saturated carbocycles. The highest BCUT2D eigenvalue weighted by atomic mass is 16.6. The lowest BCUT2D eigenvalue weighted by Gasteiger charge is -2.33. The van der Waals surface area contributed by atoms with Gasteiger partial charge in [0.2, 0.25) is 11.8 Å². The lowest BCUT2D eigenvalue weighted by atomic mass is 9.99. The number of hydrogen-bond acceptors (Lipinski definition) is 7. The fraction of sp³-hybridized carbons (Fsp3) is 0.833. The van der Waals surface area contributed by atoms with Crippen LogP contribution in [0.4, 0.5) is 0 Å². The lowest BCUT2D eigenvalue weighted by Crippen LogP contribution is -2.56. The molecule has 0 radical (unpaired) electrons. The van der Waals surface area contributed by atoms with Crippen LogP contribution in [0.25, 0.3) is 0 Å². The summed E-state index contributed by atoms with van der Waals surface area (Å²) in [5, 5.41) is 4.22. The summed E-state index contributed by atoms with van der Waals surface area (Å²) in [6.07, 6.45) is 0.129. The normalized spacial score (nSPS) is 21.7. The third-order valence-corrected chi connectivity index (χ3v) is 6.35. The van der Waals surface area contributed by atoms with Gasteiger partial charge in [-0.25, -0.2) is 10.2 Å². The minimum atomic E-state index is -0.992. The maximum Gasteiger partial charge on any atom is 0.329 e. The van der Waals surface area contributed by atoms with Gasteiger partial charge in [0.25, 0.3) is 5.91 Å². The van der Waals surface area contributed by atoms with E-state index in [2.05, 4.69) is 10.7 Å². The van der Waals surface area contributed by atoms with E-state index in [-0.39, 0.29) is 35.6 Å². The summed E-state index contributed by atoms with van der Waals surface area (Å²) in [4.78, 5) is 53.5.